The third-order valence-electron chi connectivity index (χ3n) is 6.32. The van der Waals surface area contributed by atoms with Crippen LogP contribution in [0.1, 0.15) is 37.3 Å². The van der Waals surface area contributed by atoms with E-state index in [2.05, 4.69) is 15.4 Å². The van der Waals surface area contributed by atoms with E-state index in [1.54, 1.807) is 11.8 Å². The van der Waals surface area contributed by atoms with Gasteiger partial charge >= 0.3 is 6.18 Å². The van der Waals surface area contributed by atoms with Crippen molar-refractivity contribution in [3.8, 4) is 5.75 Å². The summed E-state index contributed by atoms with van der Waals surface area (Å²) < 4.78 is 76.5. The minimum atomic E-state index is -4.52. The fourth-order valence-electron chi connectivity index (χ4n) is 4.45. The van der Waals surface area contributed by atoms with Crippen molar-refractivity contribution in [1.82, 2.24) is 20.1 Å². The molecule has 2 aliphatic heterocycles. The van der Waals surface area contributed by atoms with Gasteiger partial charge in [-0.2, -0.15) is 18.3 Å². The number of halogens is 5. The Balaban J connectivity index is 1.26. The van der Waals surface area contributed by atoms with Crippen LogP contribution in [0.4, 0.5) is 33.5 Å². The second-order valence-corrected chi connectivity index (χ2v) is 9.07. The number of aromatic amines is 1. The summed E-state index contributed by atoms with van der Waals surface area (Å²) in [6.45, 7) is 3.19. The molecule has 208 valence electrons. The minimum absolute atomic E-state index is 0.0785. The summed E-state index contributed by atoms with van der Waals surface area (Å²) in [5.74, 6) is 0.271. The number of hydrogen-bond acceptors (Lipinski definition) is 8. The lowest BCUT2D eigenvalue weighted by Crippen LogP contribution is -2.55. The van der Waals surface area contributed by atoms with Crippen molar-refractivity contribution in [3.63, 3.8) is 0 Å². The van der Waals surface area contributed by atoms with Gasteiger partial charge in [-0.15, -0.1) is 0 Å². The SMILES string of the molecule is C[C@@H](COCCC(=O)N1CCN2c3ncc(C(F)(F)F)cc3OCCC2C1)Nc1cn[nH]c(=O)c1C(F)F. The average molecular weight is 546 g/mol. The molecule has 1 fully saturated rings. The van der Waals surface area contributed by atoms with Crippen molar-refractivity contribution in [3.05, 3.63) is 39.9 Å². The fourth-order valence-corrected chi connectivity index (χ4v) is 4.45. The molecule has 2 aromatic heterocycles. The first kappa shape index (κ1) is 27.5. The quantitative estimate of drug-likeness (QED) is 0.384. The highest BCUT2D eigenvalue weighted by molar-refractivity contribution is 5.76. The second-order valence-electron chi connectivity index (χ2n) is 9.07. The molecule has 2 aromatic rings. The Bertz CT molecular complexity index is 1190. The van der Waals surface area contributed by atoms with Gasteiger partial charge in [-0.05, 0) is 13.0 Å². The maximum absolute atomic E-state index is 13.2. The van der Waals surface area contributed by atoms with Gasteiger partial charge in [-0.1, -0.05) is 0 Å². The molecule has 4 rings (SSSR count). The number of piperazine rings is 1. The van der Waals surface area contributed by atoms with Crippen LogP contribution in [0.5, 0.6) is 5.75 Å². The van der Waals surface area contributed by atoms with E-state index >= 15 is 0 Å². The monoisotopic (exact) mass is 546 g/mol. The lowest BCUT2D eigenvalue weighted by molar-refractivity contribution is -0.138. The highest BCUT2D eigenvalue weighted by Crippen LogP contribution is 2.38. The number of H-pyrrole nitrogens is 1. The number of hydrogen-bond donors (Lipinski definition) is 2. The molecule has 0 aromatic carbocycles. The summed E-state index contributed by atoms with van der Waals surface area (Å²) in [5.41, 5.74) is -2.65. The van der Waals surface area contributed by atoms with Crippen LogP contribution in [0.15, 0.2) is 23.3 Å². The van der Waals surface area contributed by atoms with Crippen molar-refractivity contribution in [2.45, 2.75) is 44.5 Å². The Kier molecular flexibility index (Phi) is 8.33. The molecule has 2 N–H and O–H groups in total. The molecule has 0 saturated carbocycles. The van der Waals surface area contributed by atoms with Crippen molar-refractivity contribution in [2.24, 2.45) is 0 Å². The number of pyridine rings is 1. The Labute approximate surface area is 214 Å². The first-order chi connectivity index (χ1) is 18.0. The summed E-state index contributed by atoms with van der Waals surface area (Å²) in [7, 11) is 0. The number of rotatable bonds is 8. The summed E-state index contributed by atoms with van der Waals surface area (Å²) in [6, 6.07) is 0.358. The fraction of sp³-hybridized carbons (Fsp3) is 0.565. The summed E-state index contributed by atoms with van der Waals surface area (Å²) in [5, 5.41) is 8.27. The number of carbonyl (C=O) groups is 1. The van der Waals surface area contributed by atoms with Crippen LogP contribution in [0.25, 0.3) is 0 Å². The standard InChI is InChI=1S/C23H27F5N6O4/c1-13(31-16-10-30-32-22(36)19(16)20(24)25)12-37-6-3-18(35)33-4-5-34-15(11-33)2-7-38-17-8-14(23(26,27)28)9-29-21(17)34/h8-10,13,15,20H,2-7,11-12H2,1H3,(H2,31,32,36)/t13-,15?/m0/s1. The molecule has 4 heterocycles. The zero-order valence-electron chi connectivity index (χ0n) is 20.4. The van der Waals surface area contributed by atoms with Gasteiger partial charge in [0.2, 0.25) is 5.91 Å². The van der Waals surface area contributed by atoms with Crippen LogP contribution in [0.2, 0.25) is 0 Å². The molecule has 2 atom stereocenters. The highest BCUT2D eigenvalue weighted by atomic mass is 19.4. The van der Waals surface area contributed by atoms with E-state index in [1.165, 1.54) is 0 Å². The summed E-state index contributed by atoms with van der Waals surface area (Å²) in [6.07, 6.45) is -5.00. The number of nitrogens with zero attached hydrogens (tertiary/aromatic N) is 4. The van der Waals surface area contributed by atoms with E-state index in [-0.39, 0.29) is 49.6 Å². The maximum Gasteiger partial charge on any atom is 0.418 e. The van der Waals surface area contributed by atoms with Gasteiger partial charge in [0.05, 0.1) is 49.7 Å². The number of ether oxygens (including phenoxy) is 2. The first-order valence-electron chi connectivity index (χ1n) is 12.0. The minimum Gasteiger partial charge on any atom is -0.490 e. The van der Waals surface area contributed by atoms with Gasteiger partial charge in [0.1, 0.15) is 5.56 Å². The van der Waals surface area contributed by atoms with E-state index in [0.29, 0.717) is 31.9 Å². The topological polar surface area (TPSA) is 113 Å². The second kappa shape index (κ2) is 11.5. The van der Waals surface area contributed by atoms with Crippen LogP contribution in [0, 0.1) is 0 Å². The van der Waals surface area contributed by atoms with Crippen LogP contribution in [0.3, 0.4) is 0 Å². The third kappa shape index (κ3) is 6.31. The molecule has 15 heteroatoms. The molecule has 1 saturated heterocycles. The van der Waals surface area contributed by atoms with E-state index in [0.717, 1.165) is 18.5 Å². The number of anilines is 2. The van der Waals surface area contributed by atoms with Crippen LogP contribution in [-0.4, -0.2) is 77.5 Å². The van der Waals surface area contributed by atoms with Crippen LogP contribution in [-0.2, 0) is 15.7 Å². The highest BCUT2D eigenvalue weighted by Gasteiger charge is 2.36. The van der Waals surface area contributed by atoms with Crippen molar-refractivity contribution < 1.29 is 36.2 Å². The molecular formula is C23H27F5N6O4. The van der Waals surface area contributed by atoms with E-state index < -0.39 is 35.3 Å². The molecule has 0 aliphatic carbocycles. The Morgan fingerprint density at radius 3 is 2.84 bits per heavy atom. The lowest BCUT2D eigenvalue weighted by atomic mass is 10.1. The lowest BCUT2D eigenvalue weighted by Gasteiger charge is -2.41. The number of fused-ring (bicyclic) bond motifs is 3. The Hall–Kier alpha value is -3.49. The van der Waals surface area contributed by atoms with Crippen molar-refractivity contribution >= 4 is 17.4 Å². The molecule has 1 unspecified atom stereocenters. The summed E-state index contributed by atoms with van der Waals surface area (Å²) >= 11 is 0. The number of aromatic nitrogens is 3. The van der Waals surface area contributed by atoms with Gasteiger partial charge < -0.3 is 24.6 Å². The van der Waals surface area contributed by atoms with Gasteiger partial charge in [-0.3, -0.25) is 9.59 Å². The average Bonchev–Trinajstić information content (AvgIpc) is 3.04. The predicted molar refractivity (Wildman–Crippen MR) is 125 cm³/mol. The smallest absolute Gasteiger partial charge is 0.418 e. The summed E-state index contributed by atoms with van der Waals surface area (Å²) in [4.78, 5) is 31.9. The molecule has 38 heavy (non-hydrogen) atoms. The molecule has 1 amide bonds. The number of alkyl halides is 5. The largest absolute Gasteiger partial charge is 0.490 e. The van der Waals surface area contributed by atoms with Gasteiger partial charge in [-0.25, -0.2) is 18.9 Å². The number of amides is 1. The molecule has 0 radical (unpaired) electrons. The predicted octanol–water partition coefficient (Wildman–Crippen LogP) is 2.83. The normalized spacial score (nSPS) is 18.3. The molecule has 2 aliphatic rings. The third-order valence-corrected chi connectivity index (χ3v) is 6.32. The van der Waals surface area contributed by atoms with E-state index in [1.807, 2.05) is 10.00 Å². The molecule has 0 bridgehead atoms. The van der Waals surface area contributed by atoms with Crippen LogP contribution < -0.4 is 20.5 Å². The van der Waals surface area contributed by atoms with Gasteiger partial charge in [0.15, 0.2) is 11.6 Å². The molecule has 0 spiro atoms. The Morgan fingerprint density at radius 1 is 1.32 bits per heavy atom. The van der Waals surface area contributed by atoms with Crippen molar-refractivity contribution in [1.29, 1.82) is 0 Å². The zero-order valence-corrected chi connectivity index (χ0v) is 20.4. The van der Waals surface area contributed by atoms with Crippen molar-refractivity contribution in [2.75, 3.05) is 49.7 Å². The molecule has 10 nitrogen and oxygen atoms in total. The maximum atomic E-state index is 13.2. The number of carbonyl (C=O) groups excluding carboxylic acids is 1. The number of nitrogens with one attached hydrogen (secondary N) is 2. The van der Waals surface area contributed by atoms with E-state index in [4.69, 9.17) is 9.47 Å². The van der Waals surface area contributed by atoms with Gasteiger partial charge in [0, 0.05) is 38.3 Å². The Morgan fingerprint density at radius 2 is 2.11 bits per heavy atom. The van der Waals surface area contributed by atoms with E-state index in [9.17, 15) is 31.5 Å². The molecular weight excluding hydrogens is 519 g/mol. The van der Waals surface area contributed by atoms with Crippen LogP contribution >= 0.6 is 0 Å². The van der Waals surface area contributed by atoms with Gasteiger partial charge in [0.25, 0.3) is 12.0 Å². The first-order valence-corrected chi connectivity index (χ1v) is 12.0. The zero-order chi connectivity index (χ0) is 27.4.